The molecule has 150 valence electrons. The number of amides is 1. The fraction of sp³-hybridized carbons (Fsp3) is 0.350. The summed E-state index contributed by atoms with van der Waals surface area (Å²) in [5, 5.41) is 0.0941. The summed E-state index contributed by atoms with van der Waals surface area (Å²) in [5.74, 6) is -0.701. The van der Waals surface area contributed by atoms with Crippen LogP contribution in [-0.2, 0) is 16.6 Å². The van der Waals surface area contributed by atoms with Gasteiger partial charge < -0.3 is 4.90 Å². The lowest BCUT2D eigenvalue weighted by atomic mass is 10.1. The normalized spacial score (nSPS) is 15.0. The molecule has 0 saturated carbocycles. The van der Waals surface area contributed by atoms with E-state index in [4.69, 9.17) is 11.6 Å². The van der Waals surface area contributed by atoms with Crippen LogP contribution in [0, 0.1) is 5.82 Å². The summed E-state index contributed by atoms with van der Waals surface area (Å²) in [6.07, 6.45) is 1.62. The smallest absolute Gasteiger partial charge is 0.254 e. The number of halogens is 2. The Morgan fingerprint density at radius 1 is 1.18 bits per heavy atom. The maximum Gasteiger partial charge on any atom is 0.254 e. The lowest BCUT2D eigenvalue weighted by Gasteiger charge is -2.22. The Balaban J connectivity index is 1.89. The Bertz CT molecular complexity index is 975. The summed E-state index contributed by atoms with van der Waals surface area (Å²) < 4.78 is 40.6. The van der Waals surface area contributed by atoms with E-state index in [0.717, 1.165) is 12.8 Å². The van der Waals surface area contributed by atoms with Crippen molar-refractivity contribution in [2.24, 2.45) is 0 Å². The molecule has 0 radical (unpaired) electrons. The first kappa shape index (κ1) is 20.8. The zero-order chi connectivity index (χ0) is 20.3. The largest absolute Gasteiger partial charge is 0.335 e. The zero-order valence-corrected chi connectivity index (χ0v) is 17.1. The van der Waals surface area contributed by atoms with Crippen molar-refractivity contribution in [3.05, 3.63) is 64.4 Å². The molecule has 2 aromatic rings. The van der Waals surface area contributed by atoms with Crippen LogP contribution in [0.4, 0.5) is 4.39 Å². The number of hydrogen-bond donors (Lipinski definition) is 0. The van der Waals surface area contributed by atoms with Crippen LogP contribution in [0.25, 0.3) is 0 Å². The van der Waals surface area contributed by atoms with Gasteiger partial charge in [0.2, 0.25) is 10.0 Å². The van der Waals surface area contributed by atoms with Crippen LogP contribution in [0.15, 0.2) is 47.4 Å². The highest BCUT2D eigenvalue weighted by atomic mass is 35.5. The predicted molar refractivity (Wildman–Crippen MR) is 106 cm³/mol. The second kappa shape index (κ2) is 8.59. The molecule has 1 heterocycles. The molecule has 3 rings (SSSR count). The Morgan fingerprint density at radius 3 is 2.54 bits per heavy atom. The van der Waals surface area contributed by atoms with Crippen LogP contribution < -0.4 is 0 Å². The van der Waals surface area contributed by atoms with Crippen LogP contribution in [0.1, 0.15) is 35.7 Å². The molecule has 1 saturated heterocycles. The maximum atomic E-state index is 13.4. The highest BCUT2D eigenvalue weighted by Crippen LogP contribution is 2.28. The van der Waals surface area contributed by atoms with Crippen molar-refractivity contribution in [1.82, 2.24) is 9.21 Å². The van der Waals surface area contributed by atoms with Crippen LogP contribution in [-0.4, -0.2) is 43.2 Å². The molecule has 5 nitrogen and oxygen atoms in total. The van der Waals surface area contributed by atoms with Crippen molar-refractivity contribution in [2.45, 2.75) is 31.2 Å². The van der Waals surface area contributed by atoms with Gasteiger partial charge >= 0.3 is 0 Å². The van der Waals surface area contributed by atoms with Gasteiger partial charge in [-0.3, -0.25) is 4.79 Å². The van der Waals surface area contributed by atoms with Crippen LogP contribution in [0.3, 0.4) is 0 Å². The molecule has 0 aliphatic carbocycles. The van der Waals surface area contributed by atoms with Gasteiger partial charge in [-0.05, 0) is 55.7 Å². The molecule has 0 atom stereocenters. The predicted octanol–water partition coefficient (Wildman–Crippen LogP) is 3.93. The van der Waals surface area contributed by atoms with Crippen molar-refractivity contribution in [1.29, 1.82) is 0 Å². The number of carbonyl (C=O) groups excluding carboxylic acids is 1. The summed E-state index contributed by atoms with van der Waals surface area (Å²) >= 11 is 6.15. The summed E-state index contributed by atoms with van der Waals surface area (Å²) in [7, 11) is -3.74. The number of sulfonamides is 1. The molecule has 1 fully saturated rings. The van der Waals surface area contributed by atoms with Crippen LogP contribution >= 0.6 is 11.6 Å². The minimum absolute atomic E-state index is 0.0521. The standard InChI is InChI=1S/C20H22ClFN2O3S/c1-2-23(14-15-6-5-7-17(22)12-15)20(25)16-8-9-18(21)19(13-16)28(26,27)24-10-3-4-11-24/h5-9,12-13H,2-4,10-11,14H2,1H3. The van der Waals surface area contributed by atoms with Crippen LogP contribution in [0.5, 0.6) is 0 Å². The van der Waals surface area contributed by atoms with E-state index >= 15 is 0 Å². The molecule has 0 aromatic heterocycles. The Kier molecular flexibility index (Phi) is 6.37. The van der Waals surface area contributed by atoms with E-state index in [0.29, 0.717) is 25.2 Å². The van der Waals surface area contributed by atoms with Gasteiger partial charge in [-0.2, -0.15) is 4.31 Å². The zero-order valence-electron chi connectivity index (χ0n) is 15.6. The van der Waals surface area contributed by atoms with E-state index in [-0.39, 0.29) is 33.8 Å². The second-order valence-electron chi connectivity index (χ2n) is 6.71. The maximum absolute atomic E-state index is 13.4. The van der Waals surface area contributed by atoms with Gasteiger partial charge in [0.1, 0.15) is 10.7 Å². The minimum Gasteiger partial charge on any atom is -0.335 e. The molecule has 0 bridgehead atoms. The molecule has 0 unspecified atom stereocenters. The Hall–Kier alpha value is -1.96. The summed E-state index contributed by atoms with van der Waals surface area (Å²) in [6, 6.07) is 10.3. The van der Waals surface area contributed by atoms with E-state index in [1.54, 1.807) is 12.1 Å². The van der Waals surface area contributed by atoms with Gasteiger partial charge in [-0.25, -0.2) is 12.8 Å². The molecule has 0 spiro atoms. The SMILES string of the molecule is CCN(Cc1cccc(F)c1)C(=O)c1ccc(Cl)c(S(=O)(=O)N2CCCC2)c1. The molecule has 8 heteroatoms. The number of hydrogen-bond acceptors (Lipinski definition) is 3. The van der Waals surface area contributed by atoms with Gasteiger partial charge in [0, 0.05) is 31.7 Å². The fourth-order valence-electron chi connectivity index (χ4n) is 3.27. The van der Waals surface area contributed by atoms with Crippen molar-refractivity contribution in [3.8, 4) is 0 Å². The first-order valence-electron chi connectivity index (χ1n) is 9.16. The molecule has 1 amide bonds. The monoisotopic (exact) mass is 424 g/mol. The van der Waals surface area contributed by atoms with Gasteiger partial charge in [-0.1, -0.05) is 23.7 Å². The summed E-state index contributed by atoms with van der Waals surface area (Å²) in [5.41, 5.74) is 0.898. The van der Waals surface area contributed by atoms with E-state index in [9.17, 15) is 17.6 Å². The van der Waals surface area contributed by atoms with Gasteiger partial charge in [0.05, 0.1) is 5.02 Å². The number of carbonyl (C=O) groups is 1. The van der Waals surface area contributed by atoms with E-state index < -0.39 is 10.0 Å². The van der Waals surface area contributed by atoms with Crippen LogP contribution in [0.2, 0.25) is 5.02 Å². The molecule has 1 aliphatic rings. The van der Waals surface area contributed by atoms with Crippen molar-refractivity contribution < 1.29 is 17.6 Å². The highest BCUT2D eigenvalue weighted by Gasteiger charge is 2.30. The topological polar surface area (TPSA) is 57.7 Å². The third kappa shape index (κ3) is 4.37. The van der Waals surface area contributed by atoms with Crippen molar-refractivity contribution in [2.75, 3.05) is 19.6 Å². The highest BCUT2D eigenvalue weighted by molar-refractivity contribution is 7.89. The lowest BCUT2D eigenvalue weighted by Crippen LogP contribution is -2.31. The van der Waals surface area contributed by atoms with E-state index in [1.807, 2.05) is 6.92 Å². The molecular weight excluding hydrogens is 403 g/mol. The summed E-state index contributed by atoms with van der Waals surface area (Å²) in [6.45, 7) is 3.35. The molecule has 2 aromatic carbocycles. The molecular formula is C20H22ClFN2O3S. The third-order valence-electron chi connectivity index (χ3n) is 4.79. The Labute approximate surface area is 169 Å². The van der Waals surface area contributed by atoms with Gasteiger partial charge in [0.25, 0.3) is 5.91 Å². The third-order valence-corrected chi connectivity index (χ3v) is 7.17. The van der Waals surface area contributed by atoms with Crippen molar-refractivity contribution >= 4 is 27.5 Å². The number of rotatable bonds is 6. The lowest BCUT2D eigenvalue weighted by molar-refractivity contribution is 0.0752. The molecule has 1 aliphatic heterocycles. The fourth-order valence-corrected chi connectivity index (χ4v) is 5.28. The Morgan fingerprint density at radius 2 is 1.89 bits per heavy atom. The number of nitrogens with zero attached hydrogens (tertiary/aromatic N) is 2. The average molecular weight is 425 g/mol. The average Bonchev–Trinajstić information content (AvgIpc) is 3.21. The first-order chi connectivity index (χ1) is 13.3. The first-order valence-corrected chi connectivity index (χ1v) is 11.0. The van der Waals surface area contributed by atoms with Crippen molar-refractivity contribution in [3.63, 3.8) is 0 Å². The minimum atomic E-state index is -3.74. The van der Waals surface area contributed by atoms with E-state index in [2.05, 4.69) is 0 Å². The van der Waals surface area contributed by atoms with Gasteiger partial charge in [0.15, 0.2) is 0 Å². The van der Waals surface area contributed by atoms with E-state index in [1.165, 1.54) is 39.5 Å². The number of benzene rings is 2. The summed E-state index contributed by atoms with van der Waals surface area (Å²) in [4.78, 5) is 14.4. The second-order valence-corrected chi connectivity index (χ2v) is 9.02. The quantitative estimate of drug-likeness (QED) is 0.706. The molecule has 28 heavy (non-hydrogen) atoms. The molecule has 0 N–H and O–H groups in total. The van der Waals surface area contributed by atoms with Gasteiger partial charge in [-0.15, -0.1) is 0 Å².